The van der Waals surface area contributed by atoms with Gasteiger partial charge in [-0.3, -0.25) is 14.9 Å². The Kier molecular flexibility index (Phi) is 6.01. The fourth-order valence-electron chi connectivity index (χ4n) is 3.27. The Morgan fingerprint density at radius 1 is 0.931 bits per heavy atom. The van der Waals surface area contributed by atoms with Crippen molar-refractivity contribution in [2.75, 3.05) is 13.7 Å². The lowest BCUT2D eigenvalue weighted by Gasteiger charge is -2.16. The molecule has 0 N–H and O–H groups in total. The maximum absolute atomic E-state index is 12.4. The maximum atomic E-state index is 12.4. The molecule has 0 bridgehead atoms. The van der Waals surface area contributed by atoms with E-state index in [1.807, 2.05) is 12.1 Å². The van der Waals surface area contributed by atoms with Crippen LogP contribution in [0.5, 0.6) is 0 Å². The Morgan fingerprint density at radius 2 is 1.59 bits per heavy atom. The molecule has 0 atom stereocenters. The van der Waals surface area contributed by atoms with Crippen molar-refractivity contribution in [2.24, 2.45) is 0 Å². The molecule has 1 aliphatic rings. The van der Waals surface area contributed by atoms with Crippen LogP contribution >= 0.6 is 0 Å². The lowest BCUT2D eigenvalue weighted by molar-refractivity contribution is -0.384. The zero-order valence-corrected chi connectivity index (χ0v) is 15.8. The molecular formula is C21H19NO7. The van der Waals surface area contributed by atoms with Crippen molar-refractivity contribution in [1.82, 2.24) is 0 Å². The number of nitrogens with zero attached hydrogens (tertiary/aromatic N) is 1. The minimum Gasteiger partial charge on any atom is -0.465 e. The highest BCUT2D eigenvalue weighted by atomic mass is 16.6. The lowest BCUT2D eigenvalue weighted by Crippen LogP contribution is -2.16. The molecule has 0 aliphatic heterocycles. The number of Topliss-reactive ketones (excluding diaryl/α,β-unsaturated/α-hetero) is 1. The number of nitro groups is 1. The second-order valence-corrected chi connectivity index (χ2v) is 6.71. The Labute approximate surface area is 166 Å². The van der Waals surface area contributed by atoms with Crippen LogP contribution in [0.3, 0.4) is 0 Å². The van der Waals surface area contributed by atoms with Crippen LogP contribution in [-0.2, 0) is 22.3 Å². The van der Waals surface area contributed by atoms with Gasteiger partial charge in [-0.15, -0.1) is 0 Å². The minimum absolute atomic E-state index is 0.158. The molecule has 0 saturated carbocycles. The van der Waals surface area contributed by atoms with Gasteiger partial charge in [0.1, 0.15) is 0 Å². The van der Waals surface area contributed by atoms with Crippen molar-refractivity contribution in [3.05, 3.63) is 74.3 Å². The van der Waals surface area contributed by atoms with Crippen LogP contribution in [0.2, 0.25) is 0 Å². The molecule has 3 rings (SSSR count). The van der Waals surface area contributed by atoms with Gasteiger partial charge < -0.3 is 9.47 Å². The average Bonchev–Trinajstić information content (AvgIpc) is 2.75. The summed E-state index contributed by atoms with van der Waals surface area (Å²) in [6, 6.07) is 8.58. The molecule has 8 heteroatoms. The molecule has 29 heavy (non-hydrogen) atoms. The first-order chi connectivity index (χ1) is 13.9. The molecule has 0 amide bonds. The second kappa shape index (κ2) is 8.64. The molecule has 1 aliphatic carbocycles. The molecule has 8 nitrogen and oxygen atoms in total. The van der Waals surface area contributed by atoms with E-state index in [4.69, 9.17) is 4.74 Å². The predicted molar refractivity (Wildman–Crippen MR) is 102 cm³/mol. The molecule has 0 heterocycles. The summed E-state index contributed by atoms with van der Waals surface area (Å²) in [6.07, 6.45) is 4.12. The van der Waals surface area contributed by atoms with E-state index in [0.29, 0.717) is 5.56 Å². The number of methoxy groups -OCH3 is 1. The van der Waals surface area contributed by atoms with Crippen LogP contribution in [0.15, 0.2) is 36.4 Å². The molecule has 0 saturated heterocycles. The normalized spacial score (nSPS) is 12.6. The lowest BCUT2D eigenvalue weighted by atomic mass is 9.90. The van der Waals surface area contributed by atoms with Gasteiger partial charge >= 0.3 is 11.9 Å². The quantitative estimate of drug-likeness (QED) is 0.318. The summed E-state index contributed by atoms with van der Waals surface area (Å²) in [5, 5.41) is 11.1. The van der Waals surface area contributed by atoms with Crippen molar-refractivity contribution in [2.45, 2.75) is 25.7 Å². The summed E-state index contributed by atoms with van der Waals surface area (Å²) in [4.78, 5) is 46.7. The van der Waals surface area contributed by atoms with Gasteiger partial charge in [-0.25, -0.2) is 9.59 Å². The average molecular weight is 397 g/mol. The molecule has 0 radical (unpaired) electrons. The van der Waals surface area contributed by atoms with Crippen LogP contribution in [0.25, 0.3) is 0 Å². The number of fused-ring (bicyclic) bond motifs is 1. The highest BCUT2D eigenvalue weighted by Crippen LogP contribution is 2.23. The molecule has 0 fully saturated rings. The van der Waals surface area contributed by atoms with Crippen LogP contribution in [0, 0.1) is 10.1 Å². The predicted octanol–water partition coefficient (Wildman–Crippen LogP) is 3.30. The number of esters is 2. The third-order valence-corrected chi connectivity index (χ3v) is 4.79. The number of hydrogen-bond donors (Lipinski definition) is 0. The number of non-ortho nitro benzene ring substituents is 1. The number of aryl methyl sites for hydroxylation is 2. The topological polar surface area (TPSA) is 113 Å². The standard InChI is InChI=1S/C21H19NO7/c1-28-20(24)16-9-17(11-18(10-16)22(26)27)21(25)29-12-19(23)15-7-6-13-4-2-3-5-14(13)8-15/h6-11H,2-5,12H2,1H3. The summed E-state index contributed by atoms with van der Waals surface area (Å²) in [5.74, 6) is -2.14. The first-order valence-corrected chi connectivity index (χ1v) is 9.09. The Balaban J connectivity index is 1.73. The number of benzene rings is 2. The molecule has 2 aromatic carbocycles. The minimum atomic E-state index is -0.940. The van der Waals surface area contributed by atoms with E-state index in [2.05, 4.69) is 4.74 Å². The van der Waals surface area contributed by atoms with Crippen molar-refractivity contribution in [3.8, 4) is 0 Å². The molecule has 150 valence electrons. The van der Waals surface area contributed by atoms with Gasteiger partial charge in [0.25, 0.3) is 5.69 Å². The second-order valence-electron chi connectivity index (χ2n) is 6.71. The fraction of sp³-hybridized carbons (Fsp3) is 0.286. The summed E-state index contributed by atoms with van der Waals surface area (Å²) in [5.41, 5.74) is 1.99. The van der Waals surface area contributed by atoms with E-state index in [0.717, 1.165) is 56.6 Å². The van der Waals surface area contributed by atoms with E-state index in [1.54, 1.807) is 6.07 Å². The Morgan fingerprint density at radius 3 is 2.24 bits per heavy atom. The zero-order chi connectivity index (χ0) is 21.0. The van der Waals surface area contributed by atoms with Crippen molar-refractivity contribution >= 4 is 23.4 Å². The highest BCUT2D eigenvalue weighted by Gasteiger charge is 2.20. The first-order valence-electron chi connectivity index (χ1n) is 9.09. The number of ketones is 1. The molecular weight excluding hydrogens is 378 g/mol. The van der Waals surface area contributed by atoms with E-state index >= 15 is 0 Å². The number of hydrogen-bond acceptors (Lipinski definition) is 7. The number of rotatable bonds is 6. The van der Waals surface area contributed by atoms with E-state index in [-0.39, 0.29) is 16.9 Å². The number of ether oxygens (including phenoxy) is 2. The van der Waals surface area contributed by atoms with Crippen LogP contribution < -0.4 is 0 Å². The third-order valence-electron chi connectivity index (χ3n) is 4.79. The maximum Gasteiger partial charge on any atom is 0.338 e. The van der Waals surface area contributed by atoms with Gasteiger partial charge in [-0.05, 0) is 48.9 Å². The summed E-state index contributed by atoms with van der Waals surface area (Å²) in [7, 11) is 1.12. The molecule has 0 unspecified atom stereocenters. The monoisotopic (exact) mass is 397 g/mol. The Hall–Kier alpha value is -3.55. The van der Waals surface area contributed by atoms with Gasteiger partial charge in [0.15, 0.2) is 12.4 Å². The smallest absolute Gasteiger partial charge is 0.338 e. The number of carbonyl (C=O) groups is 3. The third kappa shape index (κ3) is 4.66. The van der Waals surface area contributed by atoms with Crippen molar-refractivity contribution < 1.29 is 28.8 Å². The SMILES string of the molecule is COC(=O)c1cc(C(=O)OCC(=O)c2ccc3c(c2)CCCC3)cc([N+](=O)[O-])c1. The van der Waals surface area contributed by atoms with Gasteiger partial charge in [0.2, 0.25) is 0 Å². The zero-order valence-electron chi connectivity index (χ0n) is 15.8. The number of nitro benzene ring substituents is 1. The van der Waals surface area contributed by atoms with Gasteiger partial charge in [0.05, 0.1) is 23.2 Å². The summed E-state index contributed by atoms with van der Waals surface area (Å²) >= 11 is 0. The van der Waals surface area contributed by atoms with Crippen LogP contribution in [0.4, 0.5) is 5.69 Å². The van der Waals surface area contributed by atoms with Crippen LogP contribution in [0.1, 0.15) is 55.0 Å². The first kappa shape index (κ1) is 20.2. The molecule has 0 aromatic heterocycles. The van der Waals surface area contributed by atoms with E-state index in [1.165, 1.54) is 5.56 Å². The van der Waals surface area contributed by atoms with Gasteiger partial charge in [-0.2, -0.15) is 0 Å². The van der Waals surface area contributed by atoms with E-state index < -0.39 is 29.2 Å². The van der Waals surface area contributed by atoms with Gasteiger partial charge in [-0.1, -0.05) is 12.1 Å². The largest absolute Gasteiger partial charge is 0.465 e. The molecule has 2 aromatic rings. The fourth-order valence-corrected chi connectivity index (χ4v) is 3.27. The van der Waals surface area contributed by atoms with Crippen molar-refractivity contribution in [1.29, 1.82) is 0 Å². The highest BCUT2D eigenvalue weighted by molar-refractivity contribution is 6.00. The van der Waals surface area contributed by atoms with Crippen LogP contribution in [-0.4, -0.2) is 36.4 Å². The van der Waals surface area contributed by atoms with E-state index in [9.17, 15) is 24.5 Å². The molecule has 0 spiro atoms. The van der Waals surface area contributed by atoms with Crippen molar-refractivity contribution in [3.63, 3.8) is 0 Å². The summed E-state index contributed by atoms with van der Waals surface area (Å²) in [6.45, 7) is -0.506. The summed E-state index contributed by atoms with van der Waals surface area (Å²) < 4.78 is 9.57. The van der Waals surface area contributed by atoms with Gasteiger partial charge in [0, 0.05) is 17.7 Å². The number of carbonyl (C=O) groups excluding carboxylic acids is 3. The Bertz CT molecular complexity index is 997.